The lowest BCUT2D eigenvalue weighted by Gasteiger charge is -2.14. The highest BCUT2D eigenvalue weighted by Gasteiger charge is 2.46. The molecule has 0 radical (unpaired) electrons. The largest absolute Gasteiger partial charge is 0.338 e. The maximum Gasteiger partial charge on any atom is 0.271 e. The predicted octanol–water partition coefficient (Wildman–Crippen LogP) is 1.98. The highest BCUT2D eigenvalue weighted by molar-refractivity contribution is 5.92. The summed E-state index contributed by atoms with van der Waals surface area (Å²) in [6.45, 7) is 3.40. The van der Waals surface area contributed by atoms with Crippen molar-refractivity contribution >= 4 is 5.91 Å². The summed E-state index contributed by atoms with van der Waals surface area (Å²) in [7, 11) is 0. The van der Waals surface area contributed by atoms with E-state index < -0.39 is 0 Å². The van der Waals surface area contributed by atoms with Crippen LogP contribution in [0.4, 0.5) is 0 Å². The molecule has 3 aliphatic rings. The van der Waals surface area contributed by atoms with Crippen molar-refractivity contribution in [2.75, 3.05) is 13.1 Å². The predicted molar refractivity (Wildman–Crippen MR) is 86.5 cm³/mol. The Morgan fingerprint density at radius 1 is 1.25 bits per heavy atom. The van der Waals surface area contributed by atoms with E-state index in [9.17, 15) is 4.79 Å². The summed E-state index contributed by atoms with van der Waals surface area (Å²) in [4.78, 5) is 26.7. The van der Waals surface area contributed by atoms with Crippen molar-refractivity contribution < 1.29 is 4.79 Å². The summed E-state index contributed by atoms with van der Waals surface area (Å²) in [5.74, 6) is 4.83. The third kappa shape index (κ3) is 2.42. The zero-order valence-corrected chi connectivity index (χ0v) is 13.8. The van der Waals surface area contributed by atoms with Crippen LogP contribution in [0.25, 0.3) is 0 Å². The van der Waals surface area contributed by atoms with Crippen molar-refractivity contribution in [2.24, 2.45) is 11.8 Å². The van der Waals surface area contributed by atoms with E-state index >= 15 is 0 Å². The van der Waals surface area contributed by atoms with Gasteiger partial charge in [0.15, 0.2) is 5.82 Å². The minimum Gasteiger partial charge on any atom is -0.338 e. The molecule has 2 aromatic rings. The molecule has 1 aliphatic heterocycles. The van der Waals surface area contributed by atoms with Gasteiger partial charge in [-0.2, -0.15) is 5.10 Å². The Labute approximate surface area is 140 Å². The van der Waals surface area contributed by atoms with Crippen LogP contribution in [-0.2, 0) is 0 Å². The molecule has 126 valence electrons. The van der Waals surface area contributed by atoms with E-state index in [1.165, 1.54) is 25.7 Å². The van der Waals surface area contributed by atoms with E-state index in [0.717, 1.165) is 36.5 Å². The van der Waals surface area contributed by atoms with Crippen LogP contribution in [0.5, 0.6) is 0 Å². The molecule has 2 N–H and O–H groups in total. The first kappa shape index (κ1) is 14.2. The molecule has 2 aliphatic carbocycles. The van der Waals surface area contributed by atoms with E-state index in [1.807, 2.05) is 11.8 Å². The molecular formula is C17H22N6O. The number of aromatic nitrogens is 5. The molecule has 0 unspecified atom stereocenters. The second kappa shape index (κ2) is 5.16. The van der Waals surface area contributed by atoms with Crippen molar-refractivity contribution in [3.05, 3.63) is 29.4 Å². The first-order valence-electron chi connectivity index (χ1n) is 8.92. The number of aryl methyl sites for hydroxylation is 1. The molecule has 0 bridgehead atoms. The van der Waals surface area contributed by atoms with Crippen LogP contribution in [0.1, 0.15) is 65.5 Å². The fraction of sp³-hybridized carbons (Fsp3) is 0.647. The zero-order chi connectivity index (χ0) is 16.3. The zero-order valence-electron chi connectivity index (χ0n) is 13.8. The summed E-state index contributed by atoms with van der Waals surface area (Å²) >= 11 is 0. The van der Waals surface area contributed by atoms with E-state index in [1.54, 1.807) is 6.20 Å². The third-order valence-corrected chi connectivity index (χ3v) is 5.63. The Balaban J connectivity index is 1.38. The molecule has 1 saturated heterocycles. The monoisotopic (exact) mass is 326 g/mol. The lowest BCUT2D eigenvalue weighted by Crippen LogP contribution is -2.29. The van der Waals surface area contributed by atoms with Crippen LogP contribution in [0.15, 0.2) is 6.20 Å². The number of nitrogens with one attached hydrogen (secondary N) is 2. The molecule has 7 nitrogen and oxygen atoms in total. The van der Waals surface area contributed by atoms with Crippen molar-refractivity contribution in [1.29, 1.82) is 0 Å². The minimum atomic E-state index is 0.0469. The standard InChI is InChI=1S/C17H22N6O/c1-9-18-6-14(19-9)17(24)23-7-12(10-2-3-10)13(8-23)16-20-15(21-22-16)11-4-5-11/h6,10-13H,2-5,7-8H2,1H3,(H,18,19)(H,20,21,22)/t12-,13+/m1/s1. The smallest absolute Gasteiger partial charge is 0.271 e. The molecule has 3 fully saturated rings. The second-order valence-electron chi connectivity index (χ2n) is 7.55. The van der Waals surface area contributed by atoms with Crippen molar-refractivity contribution in [3.8, 4) is 0 Å². The third-order valence-electron chi connectivity index (χ3n) is 5.63. The van der Waals surface area contributed by atoms with Gasteiger partial charge in [0.2, 0.25) is 0 Å². The Morgan fingerprint density at radius 3 is 2.75 bits per heavy atom. The minimum absolute atomic E-state index is 0.0469. The van der Waals surface area contributed by atoms with Gasteiger partial charge in [-0.1, -0.05) is 0 Å². The normalized spacial score (nSPS) is 27.0. The summed E-state index contributed by atoms with van der Waals surface area (Å²) in [6, 6.07) is 0. The van der Waals surface area contributed by atoms with Gasteiger partial charge >= 0.3 is 0 Å². The van der Waals surface area contributed by atoms with Crippen LogP contribution in [0.3, 0.4) is 0 Å². The average molecular weight is 326 g/mol. The van der Waals surface area contributed by atoms with Crippen molar-refractivity contribution in [2.45, 2.75) is 44.4 Å². The van der Waals surface area contributed by atoms with E-state index in [4.69, 9.17) is 4.98 Å². The van der Waals surface area contributed by atoms with Gasteiger partial charge < -0.3 is 9.88 Å². The van der Waals surface area contributed by atoms with E-state index in [-0.39, 0.29) is 11.8 Å². The lowest BCUT2D eigenvalue weighted by atomic mass is 9.91. The van der Waals surface area contributed by atoms with Gasteiger partial charge in [0.25, 0.3) is 5.91 Å². The maximum absolute atomic E-state index is 12.8. The van der Waals surface area contributed by atoms with Gasteiger partial charge in [0, 0.05) is 24.9 Å². The van der Waals surface area contributed by atoms with Gasteiger partial charge in [-0.25, -0.2) is 9.97 Å². The average Bonchev–Trinajstić information content (AvgIpc) is 3.47. The molecule has 0 spiro atoms. The number of rotatable bonds is 4. The SMILES string of the molecule is Cc1ncc(C(=O)N2C[C@H](c3nc(C4CC4)n[nH]3)[C@@H](C3CC3)C2)[nH]1. The number of amides is 1. The van der Waals surface area contributed by atoms with E-state index in [0.29, 0.717) is 17.5 Å². The number of hydrogen-bond donors (Lipinski definition) is 2. The summed E-state index contributed by atoms with van der Waals surface area (Å²) < 4.78 is 0. The molecular weight excluding hydrogens is 304 g/mol. The molecule has 2 aromatic heterocycles. The summed E-state index contributed by atoms with van der Waals surface area (Å²) in [6.07, 6.45) is 6.60. The van der Waals surface area contributed by atoms with Gasteiger partial charge in [-0.05, 0) is 44.4 Å². The molecule has 0 aromatic carbocycles. The first-order valence-corrected chi connectivity index (χ1v) is 8.92. The number of carbonyl (C=O) groups excluding carboxylic acids is 1. The Hall–Kier alpha value is -2.18. The van der Waals surface area contributed by atoms with Crippen LogP contribution in [0, 0.1) is 18.8 Å². The first-order chi connectivity index (χ1) is 11.7. The number of aromatic amines is 2. The fourth-order valence-corrected chi connectivity index (χ4v) is 3.96. The quantitative estimate of drug-likeness (QED) is 0.899. The number of H-pyrrole nitrogens is 2. The van der Waals surface area contributed by atoms with E-state index in [2.05, 4.69) is 20.2 Å². The summed E-state index contributed by atoms with van der Waals surface area (Å²) in [5.41, 5.74) is 0.582. The fourth-order valence-electron chi connectivity index (χ4n) is 3.96. The Kier molecular flexibility index (Phi) is 3.05. The van der Waals surface area contributed by atoms with Crippen LogP contribution >= 0.6 is 0 Å². The van der Waals surface area contributed by atoms with Gasteiger partial charge in [0.1, 0.15) is 17.3 Å². The molecule has 2 atom stereocenters. The van der Waals surface area contributed by atoms with Gasteiger partial charge in [0.05, 0.1) is 6.20 Å². The van der Waals surface area contributed by atoms with Gasteiger partial charge in [-0.15, -0.1) is 0 Å². The maximum atomic E-state index is 12.8. The molecule has 7 heteroatoms. The van der Waals surface area contributed by atoms with Crippen LogP contribution in [0.2, 0.25) is 0 Å². The Bertz CT molecular complexity index is 772. The van der Waals surface area contributed by atoms with Crippen LogP contribution < -0.4 is 0 Å². The number of imidazole rings is 1. The highest BCUT2D eigenvalue weighted by Crippen LogP contribution is 2.47. The second-order valence-corrected chi connectivity index (χ2v) is 7.55. The highest BCUT2D eigenvalue weighted by atomic mass is 16.2. The number of nitrogens with zero attached hydrogens (tertiary/aromatic N) is 4. The molecule has 24 heavy (non-hydrogen) atoms. The number of hydrogen-bond acceptors (Lipinski definition) is 4. The lowest BCUT2D eigenvalue weighted by molar-refractivity contribution is 0.0779. The molecule has 1 amide bonds. The summed E-state index contributed by atoms with van der Waals surface area (Å²) in [5, 5.41) is 7.58. The topological polar surface area (TPSA) is 90.6 Å². The molecule has 5 rings (SSSR count). The van der Waals surface area contributed by atoms with Crippen molar-refractivity contribution in [1.82, 2.24) is 30.0 Å². The van der Waals surface area contributed by atoms with Crippen LogP contribution in [-0.4, -0.2) is 49.0 Å². The Morgan fingerprint density at radius 2 is 2.08 bits per heavy atom. The van der Waals surface area contributed by atoms with Gasteiger partial charge in [-0.3, -0.25) is 9.89 Å². The van der Waals surface area contributed by atoms with Crippen molar-refractivity contribution in [3.63, 3.8) is 0 Å². The molecule has 2 saturated carbocycles. The number of carbonyl (C=O) groups is 1. The molecule has 3 heterocycles. The number of likely N-dealkylation sites (tertiary alicyclic amines) is 1.